The zero-order chi connectivity index (χ0) is 39.0. The van der Waals surface area contributed by atoms with Gasteiger partial charge in [-0.3, -0.25) is 4.57 Å². The summed E-state index contributed by atoms with van der Waals surface area (Å²) in [4.78, 5) is 14.5. The number of para-hydroxylation sites is 4. The molecule has 0 aliphatic carbocycles. The first-order valence-electron chi connectivity index (χ1n) is 19.8. The Hall–Kier alpha value is -7.38. The summed E-state index contributed by atoms with van der Waals surface area (Å²) in [6.45, 7) is 7.29. The molecule has 0 saturated carbocycles. The fourth-order valence-corrected chi connectivity index (χ4v) is 8.68. The van der Waals surface area contributed by atoms with Crippen LogP contribution in [-0.2, 0) is 5.41 Å². The van der Waals surface area contributed by atoms with Crippen molar-refractivity contribution in [3.63, 3.8) is 0 Å². The van der Waals surface area contributed by atoms with Gasteiger partial charge in [-0.2, -0.15) is 0 Å². The molecule has 58 heavy (non-hydrogen) atoms. The fourth-order valence-electron chi connectivity index (χ4n) is 8.68. The maximum Gasteiger partial charge on any atom is 0.158 e. The van der Waals surface area contributed by atoms with Crippen LogP contribution in [0.1, 0.15) is 26.3 Å². The molecule has 6 aromatic carbocycles. The van der Waals surface area contributed by atoms with Crippen molar-refractivity contribution in [2.75, 3.05) is 16.5 Å². The van der Waals surface area contributed by atoms with Gasteiger partial charge in [-0.1, -0.05) is 93.6 Å². The molecular formula is C51H40N6O. The molecule has 0 unspecified atom stereocenters. The van der Waals surface area contributed by atoms with Crippen molar-refractivity contribution in [3.8, 4) is 23.0 Å². The molecule has 5 heterocycles. The molecule has 0 N–H and O–H groups in total. The van der Waals surface area contributed by atoms with Gasteiger partial charge >= 0.3 is 0 Å². The van der Waals surface area contributed by atoms with Gasteiger partial charge in [-0.15, -0.1) is 0 Å². The number of pyridine rings is 2. The van der Waals surface area contributed by atoms with Gasteiger partial charge in [0.2, 0.25) is 0 Å². The first-order valence-corrected chi connectivity index (χ1v) is 19.8. The van der Waals surface area contributed by atoms with Crippen molar-refractivity contribution in [2.24, 2.45) is 0 Å². The number of rotatable bonds is 6. The number of anilines is 4. The molecule has 280 valence electrons. The minimum absolute atomic E-state index is 0.00631. The van der Waals surface area contributed by atoms with Gasteiger partial charge in [0.1, 0.15) is 24.0 Å². The van der Waals surface area contributed by atoms with E-state index in [1.807, 2.05) is 24.5 Å². The standard InChI is InChI=1S/C51H40N6O/c1-51(2,3)34-27-29-52-48(30-34)57-44-22-10-7-18-39(44)41-26-25-38(32-47(41)57)58-37-17-11-16-36(31-37)54-33-55(46-24-13-28-53-50(46)54)45-23-12-20-42-40-19-8-9-21-43(40)56(49(42)45)35-14-5-4-6-15-35/h4-32H,33H2,1-3H3. The smallest absolute Gasteiger partial charge is 0.158 e. The summed E-state index contributed by atoms with van der Waals surface area (Å²) < 4.78 is 11.4. The second-order valence-electron chi connectivity index (χ2n) is 16.0. The second-order valence-corrected chi connectivity index (χ2v) is 16.0. The third kappa shape index (κ3) is 5.42. The van der Waals surface area contributed by atoms with Crippen molar-refractivity contribution in [3.05, 3.63) is 182 Å². The quantitative estimate of drug-likeness (QED) is 0.169. The molecule has 7 nitrogen and oxygen atoms in total. The molecule has 0 fully saturated rings. The monoisotopic (exact) mass is 752 g/mol. The number of ether oxygens (including phenoxy) is 1. The highest BCUT2D eigenvalue weighted by atomic mass is 16.5. The van der Waals surface area contributed by atoms with Crippen LogP contribution in [0.4, 0.5) is 22.9 Å². The second kappa shape index (κ2) is 13.1. The summed E-state index contributed by atoms with van der Waals surface area (Å²) >= 11 is 0. The summed E-state index contributed by atoms with van der Waals surface area (Å²) in [5.41, 5.74) is 10.0. The van der Waals surface area contributed by atoms with E-state index in [1.165, 1.54) is 27.2 Å². The van der Waals surface area contributed by atoms with Gasteiger partial charge in [-0.05, 0) is 89.8 Å². The summed E-state index contributed by atoms with van der Waals surface area (Å²) in [5.74, 6) is 3.29. The Kier molecular flexibility index (Phi) is 7.66. The minimum Gasteiger partial charge on any atom is -0.457 e. The van der Waals surface area contributed by atoms with Crippen LogP contribution in [0.5, 0.6) is 11.5 Å². The molecule has 1 aliphatic heterocycles. The van der Waals surface area contributed by atoms with E-state index in [-0.39, 0.29) is 5.41 Å². The lowest BCUT2D eigenvalue weighted by Crippen LogP contribution is -2.24. The van der Waals surface area contributed by atoms with E-state index < -0.39 is 0 Å². The number of aromatic nitrogens is 4. The molecule has 0 spiro atoms. The van der Waals surface area contributed by atoms with Crippen molar-refractivity contribution in [1.29, 1.82) is 0 Å². The lowest BCUT2D eigenvalue weighted by molar-refractivity contribution is 0.483. The normalized spacial score (nSPS) is 12.9. The third-order valence-corrected chi connectivity index (χ3v) is 11.4. The Labute approximate surface area is 336 Å². The lowest BCUT2D eigenvalue weighted by Gasteiger charge is -2.23. The van der Waals surface area contributed by atoms with E-state index in [1.54, 1.807) is 0 Å². The Morgan fingerprint density at radius 3 is 1.98 bits per heavy atom. The van der Waals surface area contributed by atoms with Gasteiger partial charge in [0, 0.05) is 57.4 Å². The van der Waals surface area contributed by atoms with E-state index in [9.17, 15) is 0 Å². The molecule has 0 saturated heterocycles. The van der Waals surface area contributed by atoms with Crippen molar-refractivity contribution in [1.82, 2.24) is 19.1 Å². The zero-order valence-corrected chi connectivity index (χ0v) is 32.5. The average Bonchev–Trinajstić information content (AvgIpc) is 3.92. The van der Waals surface area contributed by atoms with Gasteiger partial charge < -0.3 is 19.1 Å². The number of nitrogens with zero attached hydrogens (tertiary/aromatic N) is 6. The average molecular weight is 753 g/mol. The highest BCUT2D eigenvalue weighted by Crippen LogP contribution is 2.47. The highest BCUT2D eigenvalue weighted by Gasteiger charge is 2.31. The zero-order valence-electron chi connectivity index (χ0n) is 32.5. The van der Waals surface area contributed by atoms with E-state index in [0.717, 1.165) is 67.8 Å². The lowest BCUT2D eigenvalue weighted by atomic mass is 9.88. The maximum absolute atomic E-state index is 6.71. The van der Waals surface area contributed by atoms with Gasteiger partial charge in [0.15, 0.2) is 5.82 Å². The Balaban J connectivity index is 0.978. The van der Waals surface area contributed by atoms with Crippen LogP contribution in [0.3, 0.4) is 0 Å². The van der Waals surface area contributed by atoms with Crippen LogP contribution in [0.25, 0.3) is 55.1 Å². The van der Waals surface area contributed by atoms with Crippen LogP contribution in [0.15, 0.2) is 176 Å². The fraction of sp³-hybridized carbons (Fsp3) is 0.0980. The largest absolute Gasteiger partial charge is 0.457 e. The molecule has 0 radical (unpaired) electrons. The Bertz CT molecular complexity index is 3190. The van der Waals surface area contributed by atoms with Gasteiger partial charge in [-0.25, -0.2) is 9.97 Å². The Morgan fingerprint density at radius 2 is 1.16 bits per heavy atom. The summed E-state index contributed by atoms with van der Waals surface area (Å²) in [5, 5.41) is 4.77. The van der Waals surface area contributed by atoms with Crippen LogP contribution >= 0.6 is 0 Å². The van der Waals surface area contributed by atoms with E-state index in [4.69, 9.17) is 14.7 Å². The van der Waals surface area contributed by atoms with Crippen molar-refractivity contribution >= 4 is 66.5 Å². The third-order valence-electron chi connectivity index (χ3n) is 11.4. The van der Waals surface area contributed by atoms with Gasteiger partial charge in [0.25, 0.3) is 0 Å². The Morgan fingerprint density at radius 1 is 0.483 bits per heavy atom. The molecule has 0 bridgehead atoms. The van der Waals surface area contributed by atoms with Gasteiger partial charge in [0.05, 0.1) is 33.4 Å². The van der Waals surface area contributed by atoms with E-state index in [2.05, 4.69) is 191 Å². The number of hydrogen-bond acceptors (Lipinski definition) is 5. The predicted molar refractivity (Wildman–Crippen MR) is 238 cm³/mol. The van der Waals surface area contributed by atoms with Crippen LogP contribution in [0, 0.1) is 0 Å². The molecule has 4 aromatic heterocycles. The summed E-state index contributed by atoms with van der Waals surface area (Å²) in [6, 6.07) is 57.6. The molecule has 0 amide bonds. The molecule has 11 rings (SSSR count). The van der Waals surface area contributed by atoms with Crippen molar-refractivity contribution < 1.29 is 4.74 Å². The topological polar surface area (TPSA) is 51.4 Å². The SMILES string of the molecule is CC(C)(C)c1ccnc(-n2c3ccccc3c3ccc(Oc4cccc(N5CN(c6cccc7c8ccccc8n(-c8ccccc8)c67)c6cccnc65)c4)cc32)c1. The van der Waals surface area contributed by atoms with Crippen LogP contribution in [0.2, 0.25) is 0 Å². The first kappa shape index (κ1) is 33.9. The summed E-state index contributed by atoms with van der Waals surface area (Å²) in [6.07, 6.45) is 3.79. The predicted octanol–water partition coefficient (Wildman–Crippen LogP) is 13.0. The number of hydrogen-bond donors (Lipinski definition) is 0. The van der Waals surface area contributed by atoms with Crippen molar-refractivity contribution in [2.45, 2.75) is 26.2 Å². The molecule has 0 atom stereocenters. The minimum atomic E-state index is -0.00631. The molecular weight excluding hydrogens is 713 g/mol. The maximum atomic E-state index is 6.71. The number of benzene rings is 6. The molecule has 7 heteroatoms. The molecule has 10 aromatic rings. The molecule has 1 aliphatic rings. The van der Waals surface area contributed by atoms with E-state index >= 15 is 0 Å². The van der Waals surface area contributed by atoms with Crippen LogP contribution in [-0.4, -0.2) is 25.8 Å². The first-order chi connectivity index (χ1) is 28.4. The van der Waals surface area contributed by atoms with Crippen LogP contribution < -0.4 is 14.5 Å². The number of fused-ring (bicyclic) bond motifs is 7. The summed E-state index contributed by atoms with van der Waals surface area (Å²) in [7, 11) is 0. The highest BCUT2D eigenvalue weighted by molar-refractivity contribution is 6.14. The van der Waals surface area contributed by atoms with E-state index in [0.29, 0.717) is 6.67 Å².